The van der Waals surface area contributed by atoms with E-state index in [-0.39, 0.29) is 12.1 Å². The van der Waals surface area contributed by atoms with Gasteiger partial charge in [-0.3, -0.25) is 4.68 Å². The second-order valence-electron chi connectivity index (χ2n) is 5.72. The molecule has 1 aliphatic rings. The molecule has 1 atom stereocenters. The number of rotatable bonds is 3. The lowest BCUT2D eigenvalue weighted by atomic mass is 10.3. The number of aryl methyl sites for hydroxylation is 1. The minimum atomic E-state index is -0.154. The summed E-state index contributed by atoms with van der Waals surface area (Å²) < 4.78 is 7.65. The molecule has 0 aromatic carbocycles. The number of hydrogen-bond acceptors (Lipinski definition) is 4. The predicted octanol–water partition coefficient (Wildman–Crippen LogP) is 2.56. The minimum Gasteiger partial charge on any atom is -0.374 e. The number of carbonyl (C=O) groups is 1. The first-order valence-corrected chi connectivity index (χ1v) is 8.28. The smallest absolute Gasteiger partial charge is 0.321 e. The van der Waals surface area contributed by atoms with Gasteiger partial charge in [0.05, 0.1) is 30.6 Å². The molecule has 24 heavy (non-hydrogen) atoms. The molecule has 1 N–H and O–H groups in total. The Kier molecular flexibility index (Phi) is 5.32. The molecule has 0 unspecified atom stereocenters. The minimum absolute atomic E-state index is 0.0809. The van der Waals surface area contributed by atoms with Crippen LogP contribution in [0.25, 0.3) is 0 Å². The van der Waals surface area contributed by atoms with Gasteiger partial charge in [-0.2, -0.15) is 5.10 Å². The van der Waals surface area contributed by atoms with E-state index in [9.17, 15) is 4.79 Å². The van der Waals surface area contributed by atoms with Crippen LogP contribution in [0.5, 0.6) is 0 Å². The van der Waals surface area contributed by atoms with Crippen LogP contribution in [0.2, 0.25) is 5.15 Å². The molecule has 3 rings (SSSR count). The molecule has 2 aromatic heterocycles. The number of carbonyl (C=O) groups excluding carboxylic acids is 1. The van der Waals surface area contributed by atoms with Crippen molar-refractivity contribution in [3.05, 3.63) is 41.4 Å². The zero-order valence-corrected chi connectivity index (χ0v) is 14.2. The average molecular weight is 350 g/mol. The molecule has 128 valence electrons. The van der Waals surface area contributed by atoms with Crippen LogP contribution in [-0.4, -0.2) is 51.5 Å². The number of urea groups is 1. The number of nitrogens with one attached hydrogen (secondary N) is 1. The van der Waals surface area contributed by atoms with E-state index in [0.29, 0.717) is 42.8 Å². The van der Waals surface area contributed by atoms with Gasteiger partial charge in [0.2, 0.25) is 0 Å². The maximum atomic E-state index is 12.6. The fraction of sp³-hybridized carbons (Fsp3) is 0.438. The highest BCUT2D eigenvalue weighted by Crippen LogP contribution is 2.17. The van der Waals surface area contributed by atoms with Crippen molar-refractivity contribution in [2.24, 2.45) is 0 Å². The van der Waals surface area contributed by atoms with E-state index in [0.717, 1.165) is 6.42 Å². The Morgan fingerprint density at radius 1 is 1.50 bits per heavy atom. The number of nitrogens with zero attached hydrogens (tertiary/aromatic N) is 4. The highest BCUT2D eigenvalue weighted by Gasteiger charge is 2.23. The summed E-state index contributed by atoms with van der Waals surface area (Å²) in [6.45, 7) is 4.25. The quantitative estimate of drug-likeness (QED) is 0.864. The number of ether oxygens (including phenoxy) is 1. The van der Waals surface area contributed by atoms with Gasteiger partial charge in [-0.05, 0) is 31.5 Å². The van der Waals surface area contributed by atoms with Crippen LogP contribution < -0.4 is 5.32 Å². The third kappa shape index (κ3) is 4.24. The summed E-state index contributed by atoms with van der Waals surface area (Å²) in [6, 6.07) is 5.14. The topological polar surface area (TPSA) is 72.3 Å². The summed E-state index contributed by atoms with van der Waals surface area (Å²) in [5.41, 5.74) is 1.35. The summed E-state index contributed by atoms with van der Waals surface area (Å²) in [4.78, 5) is 18.5. The first-order chi connectivity index (χ1) is 11.6. The highest BCUT2D eigenvalue weighted by molar-refractivity contribution is 6.29. The van der Waals surface area contributed by atoms with Gasteiger partial charge < -0.3 is 15.0 Å². The van der Waals surface area contributed by atoms with Crippen molar-refractivity contribution >= 4 is 23.3 Å². The van der Waals surface area contributed by atoms with E-state index in [1.165, 1.54) is 0 Å². The number of amides is 2. The molecule has 0 radical (unpaired) electrons. The third-order valence-electron chi connectivity index (χ3n) is 3.88. The van der Waals surface area contributed by atoms with E-state index < -0.39 is 0 Å². The van der Waals surface area contributed by atoms with Crippen molar-refractivity contribution in [1.82, 2.24) is 19.7 Å². The lowest BCUT2D eigenvalue weighted by Crippen LogP contribution is -2.41. The molecule has 0 spiro atoms. The van der Waals surface area contributed by atoms with Crippen molar-refractivity contribution in [3.8, 4) is 0 Å². The maximum Gasteiger partial charge on any atom is 0.321 e. The Labute approximate surface area is 145 Å². The summed E-state index contributed by atoms with van der Waals surface area (Å²) in [5.74, 6) is 0. The Balaban J connectivity index is 1.64. The van der Waals surface area contributed by atoms with E-state index in [1.54, 1.807) is 23.2 Å². The molecule has 3 heterocycles. The summed E-state index contributed by atoms with van der Waals surface area (Å²) >= 11 is 5.85. The number of pyridine rings is 1. The van der Waals surface area contributed by atoms with E-state index in [1.807, 2.05) is 23.9 Å². The summed E-state index contributed by atoms with van der Waals surface area (Å²) in [7, 11) is 0. The molecule has 0 saturated carbocycles. The molecule has 1 saturated heterocycles. The van der Waals surface area contributed by atoms with Crippen molar-refractivity contribution in [3.63, 3.8) is 0 Å². The lowest BCUT2D eigenvalue weighted by Gasteiger charge is -2.24. The molecular formula is C16H20ClN5O2. The van der Waals surface area contributed by atoms with Gasteiger partial charge in [-0.1, -0.05) is 11.6 Å². The van der Waals surface area contributed by atoms with E-state index in [2.05, 4.69) is 15.4 Å². The summed E-state index contributed by atoms with van der Waals surface area (Å²) in [5, 5.41) is 7.51. The number of anilines is 1. The molecular weight excluding hydrogens is 330 g/mol. The van der Waals surface area contributed by atoms with Crippen molar-refractivity contribution in [2.75, 3.05) is 25.0 Å². The Morgan fingerprint density at radius 2 is 2.38 bits per heavy atom. The largest absolute Gasteiger partial charge is 0.374 e. The first kappa shape index (κ1) is 16.7. The molecule has 1 fully saturated rings. The highest BCUT2D eigenvalue weighted by atomic mass is 35.5. The van der Waals surface area contributed by atoms with Crippen LogP contribution in [0.1, 0.15) is 12.1 Å². The first-order valence-electron chi connectivity index (χ1n) is 7.90. The van der Waals surface area contributed by atoms with Crippen LogP contribution >= 0.6 is 11.6 Å². The maximum absolute atomic E-state index is 12.6. The second-order valence-corrected chi connectivity index (χ2v) is 6.10. The Hall–Kier alpha value is -2.12. The standard InChI is InChI=1S/C16H20ClN5O2/c1-12-14(4-5-15(17)19-12)20-16(23)21-7-3-9-24-13(10-21)11-22-8-2-6-18-22/h2,4-6,8,13H,3,7,9-11H2,1H3,(H,20,23)/t13-/m1/s1. The van der Waals surface area contributed by atoms with Crippen LogP contribution in [-0.2, 0) is 11.3 Å². The van der Waals surface area contributed by atoms with Gasteiger partial charge >= 0.3 is 6.03 Å². The average Bonchev–Trinajstić information content (AvgIpc) is 2.94. The van der Waals surface area contributed by atoms with Crippen LogP contribution in [0.15, 0.2) is 30.6 Å². The fourth-order valence-electron chi connectivity index (χ4n) is 2.66. The monoisotopic (exact) mass is 349 g/mol. The number of aromatic nitrogens is 3. The van der Waals surface area contributed by atoms with Crippen LogP contribution in [0, 0.1) is 6.92 Å². The van der Waals surface area contributed by atoms with Crippen LogP contribution in [0.4, 0.5) is 10.5 Å². The van der Waals surface area contributed by atoms with Gasteiger partial charge in [0.1, 0.15) is 5.15 Å². The molecule has 0 bridgehead atoms. The third-order valence-corrected chi connectivity index (χ3v) is 4.09. The number of halogens is 1. The molecule has 1 aliphatic heterocycles. The zero-order valence-electron chi connectivity index (χ0n) is 13.5. The van der Waals surface area contributed by atoms with Gasteiger partial charge in [0.25, 0.3) is 0 Å². The molecule has 8 heteroatoms. The SMILES string of the molecule is Cc1nc(Cl)ccc1NC(=O)N1CCCO[C@@H](Cn2cccn2)C1. The van der Waals surface area contributed by atoms with Gasteiger partial charge in [0.15, 0.2) is 0 Å². The predicted molar refractivity (Wildman–Crippen MR) is 91.2 cm³/mol. The normalized spacial score (nSPS) is 18.2. The molecule has 7 nitrogen and oxygen atoms in total. The van der Waals surface area contributed by atoms with Crippen molar-refractivity contribution in [1.29, 1.82) is 0 Å². The van der Waals surface area contributed by atoms with Crippen molar-refractivity contribution in [2.45, 2.75) is 26.0 Å². The van der Waals surface area contributed by atoms with Gasteiger partial charge in [-0.25, -0.2) is 9.78 Å². The molecule has 0 aliphatic carbocycles. The Bertz CT molecular complexity index is 692. The summed E-state index contributed by atoms with van der Waals surface area (Å²) in [6.07, 6.45) is 4.35. The van der Waals surface area contributed by atoms with Gasteiger partial charge in [0, 0.05) is 25.5 Å². The number of hydrogen-bond donors (Lipinski definition) is 1. The van der Waals surface area contributed by atoms with Crippen molar-refractivity contribution < 1.29 is 9.53 Å². The van der Waals surface area contributed by atoms with E-state index >= 15 is 0 Å². The molecule has 2 amide bonds. The lowest BCUT2D eigenvalue weighted by molar-refractivity contribution is 0.0442. The zero-order chi connectivity index (χ0) is 16.9. The Morgan fingerprint density at radius 3 is 3.12 bits per heavy atom. The second kappa shape index (κ2) is 7.63. The van der Waals surface area contributed by atoms with Gasteiger partial charge in [-0.15, -0.1) is 0 Å². The fourth-order valence-corrected chi connectivity index (χ4v) is 2.85. The molecule has 2 aromatic rings. The van der Waals surface area contributed by atoms with Crippen LogP contribution in [0.3, 0.4) is 0 Å². The van der Waals surface area contributed by atoms with E-state index in [4.69, 9.17) is 16.3 Å².